The highest BCUT2D eigenvalue weighted by atomic mass is 19.4. The fourth-order valence-electron chi connectivity index (χ4n) is 2.41. The molecular formula is C13H17F3N2. The van der Waals surface area contributed by atoms with Crippen molar-refractivity contribution in [2.45, 2.75) is 32.5 Å². The highest BCUT2D eigenvalue weighted by Gasteiger charge is 2.35. The van der Waals surface area contributed by atoms with Crippen molar-refractivity contribution in [3.8, 4) is 0 Å². The fourth-order valence-corrected chi connectivity index (χ4v) is 2.41. The molecule has 0 spiro atoms. The minimum absolute atomic E-state index is 0.189. The first-order chi connectivity index (χ1) is 8.25. The Bertz CT molecular complexity index is 452. The normalized spacial score (nSPS) is 18.2. The van der Waals surface area contributed by atoms with Gasteiger partial charge in [0, 0.05) is 13.1 Å². The lowest BCUT2D eigenvalue weighted by molar-refractivity contribution is -0.137. The minimum atomic E-state index is -4.30. The summed E-state index contributed by atoms with van der Waals surface area (Å²) < 4.78 is 38.2. The zero-order chi connectivity index (χ0) is 13.6. The molecule has 1 N–H and O–H groups in total. The Morgan fingerprint density at radius 2 is 2.00 bits per heavy atom. The Morgan fingerprint density at radius 3 is 2.56 bits per heavy atom. The third kappa shape index (κ3) is 2.13. The molecule has 100 valence electrons. The van der Waals surface area contributed by atoms with Crippen LogP contribution < -0.4 is 10.2 Å². The van der Waals surface area contributed by atoms with Gasteiger partial charge >= 0.3 is 6.18 Å². The molecule has 0 bridgehead atoms. The Hall–Kier alpha value is -1.39. The molecule has 1 aromatic rings. The summed E-state index contributed by atoms with van der Waals surface area (Å²) in [5.41, 5.74) is 0.610. The summed E-state index contributed by atoms with van der Waals surface area (Å²) in [5, 5.41) is 3.19. The summed E-state index contributed by atoms with van der Waals surface area (Å²) in [6.45, 7) is 7.40. The van der Waals surface area contributed by atoms with E-state index >= 15 is 0 Å². The van der Waals surface area contributed by atoms with Gasteiger partial charge in [-0.1, -0.05) is 0 Å². The van der Waals surface area contributed by atoms with Crippen molar-refractivity contribution >= 4 is 11.4 Å². The van der Waals surface area contributed by atoms with Crippen LogP contribution in [-0.2, 0) is 6.18 Å². The number of alkyl halides is 3. The number of halogens is 3. The zero-order valence-corrected chi connectivity index (χ0v) is 10.7. The number of nitrogens with zero attached hydrogens (tertiary/aromatic N) is 1. The van der Waals surface area contributed by atoms with E-state index in [-0.39, 0.29) is 5.54 Å². The van der Waals surface area contributed by atoms with Crippen molar-refractivity contribution in [3.63, 3.8) is 0 Å². The smallest absolute Gasteiger partial charge is 0.381 e. The maximum atomic E-state index is 12.7. The first-order valence-corrected chi connectivity index (χ1v) is 5.98. The molecule has 18 heavy (non-hydrogen) atoms. The number of hydrogen-bond acceptors (Lipinski definition) is 2. The topological polar surface area (TPSA) is 15.3 Å². The average Bonchev–Trinajstić information content (AvgIpc) is 2.26. The first kappa shape index (κ1) is 13.1. The Kier molecular flexibility index (Phi) is 2.95. The fraction of sp³-hybridized carbons (Fsp3) is 0.538. The number of hydrogen-bond donors (Lipinski definition) is 1. The summed E-state index contributed by atoms with van der Waals surface area (Å²) in [4.78, 5) is 2.01. The summed E-state index contributed by atoms with van der Waals surface area (Å²) in [6.07, 6.45) is -4.30. The van der Waals surface area contributed by atoms with Gasteiger partial charge in [0.25, 0.3) is 0 Å². The number of rotatable bonds is 1. The van der Waals surface area contributed by atoms with Crippen molar-refractivity contribution < 1.29 is 13.2 Å². The second-order valence-electron chi connectivity index (χ2n) is 5.14. The maximum Gasteiger partial charge on any atom is 0.416 e. The van der Waals surface area contributed by atoms with Gasteiger partial charge in [-0.15, -0.1) is 0 Å². The first-order valence-electron chi connectivity index (χ1n) is 5.98. The predicted molar refractivity (Wildman–Crippen MR) is 67.0 cm³/mol. The Balaban J connectivity index is 2.50. The molecule has 0 fully saturated rings. The van der Waals surface area contributed by atoms with Crippen molar-refractivity contribution in [1.82, 2.24) is 0 Å². The van der Waals surface area contributed by atoms with Gasteiger partial charge in [0.05, 0.1) is 22.5 Å². The lowest BCUT2D eigenvalue weighted by Gasteiger charge is -2.45. The summed E-state index contributed by atoms with van der Waals surface area (Å²) in [6, 6.07) is 3.86. The van der Waals surface area contributed by atoms with Crippen molar-refractivity contribution in [2.75, 3.05) is 23.3 Å². The van der Waals surface area contributed by atoms with Gasteiger partial charge in [0.15, 0.2) is 0 Å². The molecule has 0 aliphatic carbocycles. The van der Waals surface area contributed by atoms with E-state index in [1.54, 1.807) is 0 Å². The highest BCUT2D eigenvalue weighted by Crippen LogP contribution is 2.40. The van der Waals surface area contributed by atoms with Gasteiger partial charge in [-0.25, -0.2) is 0 Å². The molecule has 0 saturated heterocycles. The van der Waals surface area contributed by atoms with Crippen LogP contribution in [0, 0.1) is 0 Å². The van der Waals surface area contributed by atoms with E-state index in [4.69, 9.17) is 0 Å². The summed E-state index contributed by atoms with van der Waals surface area (Å²) in [7, 11) is 0. The molecule has 2 rings (SSSR count). The summed E-state index contributed by atoms with van der Waals surface area (Å²) >= 11 is 0. The van der Waals surface area contributed by atoms with E-state index in [9.17, 15) is 13.2 Å². The third-order valence-corrected chi connectivity index (χ3v) is 3.37. The van der Waals surface area contributed by atoms with Gasteiger partial charge < -0.3 is 10.2 Å². The van der Waals surface area contributed by atoms with Gasteiger partial charge in [-0.2, -0.15) is 13.2 Å². The molecule has 1 aliphatic rings. The van der Waals surface area contributed by atoms with Crippen molar-refractivity contribution in [2.24, 2.45) is 0 Å². The van der Waals surface area contributed by atoms with Crippen LogP contribution in [0.5, 0.6) is 0 Å². The molecule has 0 atom stereocenters. The third-order valence-electron chi connectivity index (χ3n) is 3.37. The van der Waals surface area contributed by atoms with Gasteiger partial charge in [-0.05, 0) is 39.0 Å². The molecule has 1 aromatic carbocycles. The number of likely N-dealkylation sites (N-methyl/N-ethyl adjacent to an activating group) is 1. The largest absolute Gasteiger partial charge is 0.416 e. The zero-order valence-electron chi connectivity index (χ0n) is 10.7. The number of fused-ring (bicyclic) bond motifs is 1. The Morgan fingerprint density at radius 1 is 1.33 bits per heavy atom. The van der Waals surface area contributed by atoms with Crippen LogP contribution >= 0.6 is 0 Å². The Labute approximate surface area is 105 Å². The maximum absolute atomic E-state index is 12.7. The molecule has 1 heterocycles. The van der Waals surface area contributed by atoms with Crippen molar-refractivity contribution in [1.29, 1.82) is 0 Å². The van der Waals surface area contributed by atoms with E-state index < -0.39 is 11.7 Å². The molecular weight excluding hydrogens is 241 g/mol. The molecule has 0 amide bonds. The summed E-state index contributed by atoms with van der Waals surface area (Å²) in [5.74, 6) is 0. The monoisotopic (exact) mass is 258 g/mol. The second-order valence-corrected chi connectivity index (χ2v) is 5.14. The second kappa shape index (κ2) is 4.07. The predicted octanol–water partition coefficient (Wildman–Crippen LogP) is 3.74. The molecule has 1 aliphatic heterocycles. The quantitative estimate of drug-likeness (QED) is 0.825. The van der Waals surface area contributed by atoms with E-state index in [1.807, 2.05) is 25.7 Å². The van der Waals surface area contributed by atoms with Crippen LogP contribution in [0.15, 0.2) is 18.2 Å². The van der Waals surface area contributed by atoms with E-state index in [0.29, 0.717) is 12.2 Å². The van der Waals surface area contributed by atoms with Crippen LogP contribution in [0.4, 0.5) is 24.5 Å². The average molecular weight is 258 g/mol. The SMILES string of the molecule is CCN1c2cc(C(F)(F)F)ccc2NCC1(C)C. The lowest BCUT2D eigenvalue weighted by atomic mass is 9.96. The van der Waals surface area contributed by atoms with Crippen LogP contribution in [-0.4, -0.2) is 18.6 Å². The number of nitrogens with one attached hydrogen (secondary N) is 1. The van der Waals surface area contributed by atoms with Crippen molar-refractivity contribution in [3.05, 3.63) is 23.8 Å². The highest BCUT2D eigenvalue weighted by molar-refractivity contribution is 5.74. The molecule has 0 aromatic heterocycles. The molecule has 0 unspecified atom stereocenters. The lowest BCUT2D eigenvalue weighted by Crippen LogP contribution is -2.52. The standard InChI is InChI=1S/C13H17F3N2/c1-4-18-11-7-9(13(14,15)16)5-6-10(11)17-8-12(18,2)3/h5-7,17H,4,8H2,1-3H3. The van der Waals surface area contributed by atoms with Crippen LogP contribution in [0.1, 0.15) is 26.3 Å². The molecule has 0 saturated carbocycles. The molecule has 5 heteroatoms. The van der Waals surface area contributed by atoms with E-state index in [0.717, 1.165) is 18.3 Å². The van der Waals surface area contributed by atoms with E-state index in [1.165, 1.54) is 12.1 Å². The molecule has 2 nitrogen and oxygen atoms in total. The number of anilines is 2. The van der Waals surface area contributed by atoms with Crippen LogP contribution in [0.3, 0.4) is 0 Å². The molecule has 0 radical (unpaired) electrons. The van der Waals surface area contributed by atoms with Gasteiger partial charge in [0.1, 0.15) is 0 Å². The van der Waals surface area contributed by atoms with Crippen LogP contribution in [0.25, 0.3) is 0 Å². The van der Waals surface area contributed by atoms with E-state index in [2.05, 4.69) is 5.32 Å². The van der Waals surface area contributed by atoms with Gasteiger partial charge in [-0.3, -0.25) is 0 Å². The van der Waals surface area contributed by atoms with Crippen LogP contribution in [0.2, 0.25) is 0 Å². The van der Waals surface area contributed by atoms with Gasteiger partial charge in [0.2, 0.25) is 0 Å². The number of benzene rings is 1. The minimum Gasteiger partial charge on any atom is -0.381 e.